The van der Waals surface area contributed by atoms with Crippen LogP contribution in [0.3, 0.4) is 0 Å². The van der Waals surface area contributed by atoms with Gasteiger partial charge in [0.05, 0.1) is 18.6 Å². The fourth-order valence-corrected chi connectivity index (χ4v) is 0.902. The molecule has 5 heteroatoms. The highest BCUT2D eigenvalue weighted by Gasteiger charge is 1.99. The zero-order valence-corrected chi connectivity index (χ0v) is 6.75. The van der Waals surface area contributed by atoms with E-state index in [-0.39, 0.29) is 0 Å². The number of nitrogens with zero attached hydrogens (tertiary/aromatic N) is 4. The van der Waals surface area contributed by atoms with Crippen LogP contribution in [0, 0.1) is 0 Å². The van der Waals surface area contributed by atoms with Crippen LogP contribution in [0.1, 0.15) is 0 Å². The Morgan fingerprint density at radius 3 is 2.31 bits per heavy atom. The van der Waals surface area contributed by atoms with Crippen LogP contribution in [0.2, 0.25) is 0 Å². The van der Waals surface area contributed by atoms with E-state index >= 15 is 0 Å². The smallest absolute Gasteiger partial charge is 0.141 e. The first-order valence-corrected chi connectivity index (χ1v) is 3.70. The summed E-state index contributed by atoms with van der Waals surface area (Å²) in [6, 6.07) is 0. The zero-order chi connectivity index (χ0) is 9.10. The Labute approximate surface area is 74.7 Å². The van der Waals surface area contributed by atoms with Crippen LogP contribution in [0.25, 0.3) is 11.4 Å². The van der Waals surface area contributed by atoms with Gasteiger partial charge in [0.15, 0.2) is 0 Å². The molecule has 0 bridgehead atoms. The summed E-state index contributed by atoms with van der Waals surface area (Å²) >= 11 is 0. The van der Waals surface area contributed by atoms with Gasteiger partial charge in [-0.1, -0.05) is 0 Å². The largest absolute Gasteiger partial charge is 0.382 e. The molecule has 0 aliphatic heterocycles. The van der Waals surface area contributed by atoms with Gasteiger partial charge in [-0.15, -0.1) is 0 Å². The predicted molar refractivity (Wildman–Crippen MR) is 47.5 cm³/mol. The van der Waals surface area contributed by atoms with Crippen molar-refractivity contribution in [2.75, 3.05) is 5.73 Å². The summed E-state index contributed by atoms with van der Waals surface area (Å²) in [5, 5.41) is 0. The van der Waals surface area contributed by atoms with Gasteiger partial charge in [0, 0.05) is 12.4 Å². The monoisotopic (exact) mass is 173 g/mol. The van der Waals surface area contributed by atoms with Crippen LogP contribution >= 0.6 is 0 Å². The number of aromatic nitrogens is 4. The molecule has 0 radical (unpaired) electrons. The zero-order valence-electron chi connectivity index (χ0n) is 6.75. The van der Waals surface area contributed by atoms with Crippen LogP contribution in [0.4, 0.5) is 5.82 Å². The number of nitrogens with two attached hydrogens (primary N) is 1. The summed E-state index contributed by atoms with van der Waals surface area (Å²) in [6.07, 6.45) is 7.89. The Hall–Kier alpha value is -2.04. The second kappa shape index (κ2) is 3.14. The van der Waals surface area contributed by atoms with E-state index in [4.69, 9.17) is 5.73 Å². The Morgan fingerprint density at radius 2 is 1.69 bits per heavy atom. The van der Waals surface area contributed by atoms with E-state index in [1.807, 2.05) is 0 Å². The van der Waals surface area contributed by atoms with Gasteiger partial charge in [-0.2, -0.15) is 0 Å². The van der Waals surface area contributed by atoms with Gasteiger partial charge < -0.3 is 5.73 Å². The molecule has 0 amide bonds. The third-order valence-electron chi connectivity index (χ3n) is 1.50. The molecule has 0 aliphatic rings. The van der Waals surface area contributed by atoms with Crippen molar-refractivity contribution in [2.24, 2.45) is 0 Å². The Morgan fingerprint density at radius 1 is 0.846 bits per heavy atom. The molecule has 13 heavy (non-hydrogen) atoms. The van der Waals surface area contributed by atoms with E-state index in [0.717, 1.165) is 0 Å². The van der Waals surface area contributed by atoms with Crippen LogP contribution < -0.4 is 5.73 Å². The maximum atomic E-state index is 5.40. The molecule has 0 unspecified atom stereocenters. The van der Waals surface area contributed by atoms with Crippen molar-refractivity contribution in [1.82, 2.24) is 19.9 Å². The topological polar surface area (TPSA) is 77.6 Å². The molecule has 0 aliphatic carbocycles. The van der Waals surface area contributed by atoms with Crippen LogP contribution in [-0.2, 0) is 0 Å². The SMILES string of the molecule is Nc1cnc(-c2cnccn2)cn1. The molecule has 2 aromatic rings. The Balaban J connectivity index is 2.42. The summed E-state index contributed by atoms with van der Waals surface area (Å²) in [5.74, 6) is 0.396. The van der Waals surface area contributed by atoms with Crippen molar-refractivity contribution in [2.45, 2.75) is 0 Å². The minimum absolute atomic E-state index is 0.396. The van der Waals surface area contributed by atoms with E-state index < -0.39 is 0 Å². The number of anilines is 1. The first kappa shape index (κ1) is 7.60. The molecule has 0 atom stereocenters. The lowest BCUT2D eigenvalue weighted by Gasteiger charge is -1.97. The number of hydrogen-bond acceptors (Lipinski definition) is 5. The first-order valence-electron chi connectivity index (χ1n) is 3.70. The minimum Gasteiger partial charge on any atom is -0.382 e. The summed E-state index contributed by atoms with van der Waals surface area (Å²) in [5.41, 5.74) is 6.75. The summed E-state index contributed by atoms with van der Waals surface area (Å²) in [7, 11) is 0. The average Bonchev–Trinajstić information content (AvgIpc) is 2.20. The standard InChI is InChI=1S/C8H7N5/c9-8-5-12-7(4-13-8)6-3-10-1-2-11-6/h1-5H,(H2,9,13). The summed E-state index contributed by atoms with van der Waals surface area (Å²) < 4.78 is 0. The molecule has 0 saturated heterocycles. The Bertz CT molecular complexity index is 383. The van der Waals surface area contributed by atoms with Crippen molar-refractivity contribution in [1.29, 1.82) is 0 Å². The average molecular weight is 173 g/mol. The van der Waals surface area contributed by atoms with E-state index in [9.17, 15) is 0 Å². The van der Waals surface area contributed by atoms with Crippen molar-refractivity contribution >= 4 is 5.82 Å². The lowest BCUT2D eigenvalue weighted by Crippen LogP contribution is -1.93. The van der Waals surface area contributed by atoms with E-state index in [1.165, 1.54) is 6.20 Å². The summed E-state index contributed by atoms with van der Waals surface area (Å²) in [4.78, 5) is 16.0. The predicted octanol–water partition coefficient (Wildman–Crippen LogP) is 0.516. The van der Waals surface area contributed by atoms with Crippen molar-refractivity contribution in [3.63, 3.8) is 0 Å². The van der Waals surface area contributed by atoms with Gasteiger partial charge >= 0.3 is 0 Å². The lowest BCUT2D eigenvalue weighted by molar-refractivity contribution is 1.15. The highest BCUT2D eigenvalue weighted by Crippen LogP contribution is 2.10. The van der Waals surface area contributed by atoms with Gasteiger partial charge in [-0.05, 0) is 0 Å². The van der Waals surface area contributed by atoms with Crippen LogP contribution in [0.15, 0.2) is 31.0 Å². The molecule has 0 fully saturated rings. The molecule has 2 heterocycles. The normalized spacial score (nSPS) is 9.85. The maximum absolute atomic E-state index is 5.40. The number of nitrogen functional groups attached to an aromatic ring is 1. The fourth-order valence-electron chi connectivity index (χ4n) is 0.902. The van der Waals surface area contributed by atoms with Gasteiger partial charge in [-0.25, -0.2) is 9.97 Å². The van der Waals surface area contributed by atoms with Crippen molar-refractivity contribution in [3.8, 4) is 11.4 Å². The van der Waals surface area contributed by atoms with E-state index in [0.29, 0.717) is 17.2 Å². The number of rotatable bonds is 1. The van der Waals surface area contributed by atoms with E-state index in [2.05, 4.69) is 19.9 Å². The van der Waals surface area contributed by atoms with Crippen LogP contribution in [-0.4, -0.2) is 19.9 Å². The lowest BCUT2D eigenvalue weighted by atomic mass is 10.3. The number of hydrogen-bond donors (Lipinski definition) is 1. The molecule has 5 nitrogen and oxygen atoms in total. The second-order valence-corrected chi connectivity index (χ2v) is 2.42. The fraction of sp³-hybridized carbons (Fsp3) is 0. The van der Waals surface area contributed by atoms with Gasteiger partial charge in [0.2, 0.25) is 0 Å². The molecule has 2 rings (SSSR count). The highest BCUT2D eigenvalue weighted by molar-refractivity contribution is 5.51. The third kappa shape index (κ3) is 1.58. The molecule has 0 spiro atoms. The molecular weight excluding hydrogens is 166 g/mol. The van der Waals surface area contributed by atoms with Crippen molar-refractivity contribution in [3.05, 3.63) is 31.0 Å². The quantitative estimate of drug-likeness (QED) is 0.680. The second-order valence-electron chi connectivity index (χ2n) is 2.42. The van der Waals surface area contributed by atoms with E-state index in [1.54, 1.807) is 24.8 Å². The minimum atomic E-state index is 0.396. The van der Waals surface area contributed by atoms with Gasteiger partial charge in [0.25, 0.3) is 0 Å². The van der Waals surface area contributed by atoms with Crippen molar-refractivity contribution < 1.29 is 0 Å². The molecule has 2 N–H and O–H groups in total. The molecule has 0 saturated carbocycles. The molecule has 0 aromatic carbocycles. The Kier molecular flexibility index (Phi) is 1.84. The first-order chi connectivity index (χ1) is 6.36. The highest BCUT2D eigenvalue weighted by atomic mass is 14.9. The molecule has 64 valence electrons. The maximum Gasteiger partial charge on any atom is 0.141 e. The third-order valence-corrected chi connectivity index (χ3v) is 1.50. The van der Waals surface area contributed by atoms with Gasteiger partial charge in [0.1, 0.15) is 17.2 Å². The summed E-state index contributed by atoms with van der Waals surface area (Å²) in [6.45, 7) is 0. The van der Waals surface area contributed by atoms with Crippen LogP contribution in [0.5, 0.6) is 0 Å². The van der Waals surface area contributed by atoms with Gasteiger partial charge in [-0.3, -0.25) is 9.97 Å². The molecular formula is C8H7N5. The molecule has 2 aromatic heterocycles.